The Hall–Kier alpha value is -1.31. The van der Waals surface area contributed by atoms with Crippen LogP contribution in [0.2, 0.25) is 0 Å². The van der Waals surface area contributed by atoms with Crippen LogP contribution in [-0.4, -0.2) is 5.91 Å². The van der Waals surface area contributed by atoms with E-state index >= 15 is 0 Å². The van der Waals surface area contributed by atoms with Crippen molar-refractivity contribution in [1.29, 1.82) is 0 Å². The molecule has 2 heteroatoms. The first kappa shape index (κ1) is 11.8. The third-order valence-electron chi connectivity index (χ3n) is 4.80. The van der Waals surface area contributed by atoms with Crippen LogP contribution in [-0.2, 0) is 4.79 Å². The molecule has 18 heavy (non-hydrogen) atoms. The van der Waals surface area contributed by atoms with Gasteiger partial charge in [0.1, 0.15) is 0 Å². The maximum atomic E-state index is 12.4. The Balaban J connectivity index is 1.75. The number of nitrogens with one attached hydrogen (secondary N) is 1. The van der Waals surface area contributed by atoms with Gasteiger partial charge >= 0.3 is 0 Å². The van der Waals surface area contributed by atoms with Crippen LogP contribution in [0, 0.1) is 31.6 Å². The zero-order valence-electron chi connectivity index (χ0n) is 11.2. The van der Waals surface area contributed by atoms with Crippen molar-refractivity contribution in [3.63, 3.8) is 0 Å². The summed E-state index contributed by atoms with van der Waals surface area (Å²) in [6.45, 7) is 4.12. The lowest BCUT2D eigenvalue weighted by Gasteiger charge is -2.22. The fourth-order valence-corrected chi connectivity index (χ4v) is 3.79. The molecule has 3 atom stereocenters. The summed E-state index contributed by atoms with van der Waals surface area (Å²) in [6, 6.07) is 6.16. The summed E-state index contributed by atoms with van der Waals surface area (Å²) in [5.41, 5.74) is 3.34. The molecule has 2 aliphatic rings. The molecule has 96 valence electrons. The van der Waals surface area contributed by atoms with Gasteiger partial charge in [0, 0.05) is 11.6 Å². The first-order valence-corrected chi connectivity index (χ1v) is 7.02. The minimum Gasteiger partial charge on any atom is -0.325 e. The number of rotatable bonds is 2. The predicted octanol–water partition coefficient (Wildman–Crippen LogP) is 3.68. The minimum absolute atomic E-state index is 0.250. The van der Waals surface area contributed by atoms with E-state index in [0.717, 1.165) is 29.2 Å². The highest BCUT2D eigenvalue weighted by Crippen LogP contribution is 2.48. The molecule has 0 unspecified atom stereocenters. The topological polar surface area (TPSA) is 29.1 Å². The SMILES string of the molecule is Cc1cccc(C)c1NC(=O)[C@@H]1C[C@H]2CC[C@@H]1C2. The highest BCUT2D eigenvalue weighted by atomic mass is 16.1. The molecule has 2 saturated carbocycles. The second kappa shape index (κ2) is 4.42. The molecule has 0 aliphatic heterocycles. The summed E-state index contributed by atoms with van der Waals surface area (Å²) < 4.78 is 0. The van der Waals surface area contributed by atoms with Gasteiger partial charge in [-0.3, -0.25) is 4.79 Å². The third kappa shape index (κ3) is 1.94. The summed E-state index contributed by atoms with van der Waals surface area (Å²) in [4.78, 5) is 12.4. The van der Waals surface area contributed by atoms with Crippen molar-refractivity contribution in [2.24, 2.45) is 17.8 Å². The van der Waals surface area contributed by atoms with Gasteiger partial charge in [-0.25, -0.2) is 0 Å². The number of hydrogen-bond donors (Lipinski definition) is 1. The van der Waals surface area contributed by atoms with Crippen LogP contribution in [0.5, 0.6) is 0 Å². The Kier molecular flexibility index (Phi) is 2.89. The molecule has 0 aromatic heterocycles. The van der Waals surface area contributed by atoms with Gasteiger partial charge in [0.2, 0.25) is 5.91 Å². The number of amides is 1. The molecular formula is C16H21NO. The molecule has 0 heterocycles. The first-order valence-electron chi connectivity index (χ1n) is 7.02. The Bertz CT molecular complexity index is 460. The van der Waals surface area contributed by atoms with Crippen molar-refractivity contribution in [3.05, 3.63) is 29.3 Å². The van der Waals surface area contributed by atoms with Crippen molar-refractivity contribution in [2.45, 2.75) is 39.5 Å². The molecule has 1 aromatic rings. The van der Waals surface area contributed by atoms with Crippen molar-refractivity contribution in [2.75, 3.05) is 5.32 Å². The van der Waals surface area contributed by atoms with Gasteiger partial charge in [-0.05, 0) is 56.1 Å². The van der Waals surface area contributed by atoms with Crippen molar-refractivity contribution >= 4 is 11.6 Å². The maximum absolute atomic E-state index is 12.4. The van der Waals surface area contributed by atoms with E-state index in [-0.39, 0.29) is 11.8 Å². The van der Waals surface area contributed by atoms with Gasteiger partial charge in [-0.1, -0.05) is 24.6 Å². The zero-order chi connectivity index (χ0) is 12.7. The smallest absolute Gasteiger partial charge is 0.227 e. The number of benzene rings is 1. The molecule has 2 nitrogen and oxygen atoms in total. The second-order valence-electron chi connectivity index (χ2n) is 6.04. The molecule has 2 bridgehead atoms. The van der Waals surface area contributed by atoms with Crippen molar-refractivity contribution < 1.29 is 4.79 Å². The molecular weight excluding hydrogens is 222 g/mol. The van der Waals surface area contributed by atoms with Crippen LogP contribution < -0.4 is 5.32 Å². The van der Waals surface area contributed by atoms with Gasteiger partial charge in [-0.2, -0.15) is 0 Å². The standard InChI is InChI=1S/C16H21NO/c1-10-4-3-5-11(2)15(10)17-16(18)14-9-12-6-7-13(14)8-12/h3-5,12-14H,6-9H2,1-2H3,(H,17,18)/t12-,13+,14+/m0/s1. The lowest BCUT2D eigenvalue weighted by molar-refractivity contribution is -0.121. The van der Waals surface area contributed by atoms with E-state index in [1.54, 1.807) is 0 Å². The van der Waals surface area contributed by atoms with E-state index < -0.39 is 0 Å². The molecule has 1 N–H and O–H groups in total. The highest BCUT2D eigenvalue weighted by molar-refractivity contribution is 5.94. The van der Waals surface area contributed by atoms with Crippen LogP contribution in [0.3, 0.4) is 0 Å². The predicted molar refractivity (Wildman–Crippen MR) is 73.5 cm³/mol. The molecule has 1 aromatic carbocycles. The molecule has 0 spiro atoms. The Labute approximate surface area is 109 Å². The number of anilines is 1. The number of fused-ring (bicyclic) bond motifs is 2. The second-order valence-corrected chi connectivity index (χ2v) is 6.04. The summed E-state index contributed by atoms with van der Waals surface area (Å²) in [7, 11) is 0. The van der Waals surface area contributed by atoms with Crippen LogP contribution >= 0.6 is 0 Å². The largest absolute Gasteiger partial charge is 0.325 e. The van der Waals surface area contributed by atoms with Crippen LogP contribution in [0.15, 0.2) is 18.2 Å². The highest BCUT2D eigenvalue weighted by Gasteiger charge is 2.43. The quantitative estimate of drug-likeness (QED) is 0.843. The lowest BCUT2D eigenvalue weighted by Crippen LogP contribution is -2.27. The number of carbonyl (C=O) groups is 1. The fourth-order valence-electron chi connectivity index (χ4n) is 3.79. The van der Waals surface area contributed by atoms with E-state index in [0.29, 0.717) is 5.92 Å². The fraction of sp³-hybridized carbons (Fsp3) is 0.562. The van der Waals surface area contributed by atoms with Crippen LogP contribution in [0.4, 0.5) is 5.69 Å². The zero-order valence-corrected chi connectivity index (χ0v) is 11.2. The van der Waals surface area contributed by atoms with Crippen LogP contribution in [0.25, 0.3) is 0 Å². The van der Waals surface area contributed by atoms with E-state index in [4.69, 9.17) is 0 Å². The normalized spacial score (nSPS) is 29.6. The van der Waals surface area contributed by atoms with E-state index in [2.05, 4.69) is 31.3 Å². The summed E-state index contributed by atoms with van der Waals surface area (Å²) >= 11 is 0. The van der Waals surface area contributed by atoms with Gasteiger partial charge < -0.3 is 5.32 Å². The summed E-state index contributed by atoms with van der Waals surface area (Å²) in [5.74, 6) is 1.99. The van der Waals surface area contributed by atoms with Gasteiger partial charge in [0.05, 0.1) is 0 Å². The molecule has 0 saturated heterocycles. The van der Waals surface area contributed by atoms with E-state index in [1.807, 2.05) is 6.07 Å². The maximum Gasteiger partial charge on any atom is 0.227 e. The van der Waals surface area contributed by atoms with E-state index in [9.17, 15) is 4.79 Å². The Morgan fingerprint density at radius 2 is 1.89 bits per heavy atom. The van der Waals surface area contributed by atoms with Crippen molar-refractivity contribution in [3.8, 4) is 0 Å². The monoisotopic (exact) mass is 243 g/mol. The average molecular weight is 243 g/mol. The van der Waals surface area contributed by atoms with Gasteiger partial charge in [-0.15, -0.1) is 0 Å². The van der Waals surface area contributed by atoms with Crippen LogP contribution in [0.1, 0.15) is 36.8 Å². The molecule has 2 aliphatic carbocycles. The minimum atomic E-state index is 0.250. The first-order chi connectivity index (χ1) is 8.65. The lowest BCUT2D eigenvalue weighted by atomic mass is 9.88. The number of carbonyl (C=O) groups excluding carboxylic acids is 1. The van der Waals surface area contributed by atoms with Crippen molar-refractivity contribution in [1.82, 2.24) is 0 Å². The number of para-hydroxylation sites is 1. The average Bonchev–Trinajstić information content (AvgIpc) is 2.96. The number of hydrogen-bond acceptors (Lipinski definition) is 1. The molecule has 2 fully saturated rings. The molecule has 0 radical (unpaired) electrons. The molecule has 1 amide bonds. The third-order valence-corrected chi connectivity index (χ3v) is 4.80. The Morgan fingerprint density at radius 3 is 2.44 bits per heavy atom. The summed E-state index contributed by atoms with van der Waals surface area (Å²) in [6.07, 6.45) is 5.00. The number of aryl methyl sites for hydroxylation is 2. The van der Waals surface area contributed by atoms with Gasteiger partial charge in [0.25, 0.3) is 0 Å². The van der Waals surface area contributed by atoms with E-state index in [1.165, 1.54) is 19.3 Å². The Morgan fingerprint density at radius 1 is 1.17 bits per heavy atom. The molecule has 3 rings (SSSR count). The summed E-state index contributed by atoms with van der Waals surface area (Å²) in [5, 5.41) is 3.17. The van der Waals surface area contributed by atoms with Gasteiger partial charge in [0.15, 0.2) is 0 Å².